The SMILES string of the molecule is COCO[C@H]1CCN(C[C@H](c2ccccc2)N(C)c2ccc(C(=O)OC)c(OC)c2)C1. The molecule has 0 spiro atoms. The van der Waals surface area contributed by atoms with Crippen LogP contribution in [-0.2, 0) is 14.2 Å². The Hall–Kier alpha value is -2.61. The Balaban J connectivity index is 1.82. The highest BCUT2D eigenvalue weighted by Gasteiger charge is 2.28. The van der Waals surface area contributed by atoms with Crippen LogP contribution in [0.15, 0.2) is 48.5 Å². The Morgan fingerprint density at radius 3 is 2.61 bits per heavy atom. The van der Waals surface area contributed by atoms with E-state index in [0.29, 0.717) is 18.1 Å². The van der Waals surface area contributed by atoms with Crippen LogP contribution in [0, 0.1) is 0 Å². The maximum atomic E-state index is 12.0. The van der Waals surface area contributed by atoms with Crippen molar-refractivity contribution in [2.75, 3.05) is 59.7 Å². The van der Waals surface area contributed by atoms with Crippen molar-refractivity contribution in [2.24, 2.45) is 0 Å². The predicted octanol–water partition coefficient (Wildman–Crippen LogP) is 3.35. The van der Waals surface area contributed by atoms with Crippen LogP contribution in [0.2, 0.25) is 0 Å². The average molecular weight is 429 g/mol. The van der Waals surface area contributed by atoms with Gasteiger partial charge in [0.15, 0.2) is 0 Å². The number of likely N-dealkylation sites (N-methyl/N-ethyl adjacent to an activating group) is 1. The smallest absolute Gasteiger partial charge is 0.341 e. The third-order valence-corrected chi connectivity index (χ3v) is 5.73. The molecule has 2 atom stereocenters. The van der Waals surface area contributed by atoms with E-state index in [9.17, 15) is 4.79 Å². The molecule has 2 aromatic rings. The van der Waals surface area contributed by atoms with E-state index < -0.39 is 5.97 Å². The molecule has 1 aliphatic heterocycles. The molecule has 0 aliphatic carbocycles. The number of nitrogens with zero attached hydrogens (tertiary/aromatic N) is 2. The van der Waals surface area contributed by atoms with Gasteiger partial charge in [-0.15, -0.1) is 0 Å². The summed E-state index contributed by atoms with van der Waals surface area (Å²) in [6.45, 7) is 3.04. The van der Waals surface area contributed by atoms with E-state index in [0.717, 1.165) is 31.7 Å². The van der Waals surface area contributed by atoms with Crippen LogP contribution in [-0.4, -0.2) is 71.8 Å². The van der Waals surface area contributed by atoms with Crippen LogP contribution >= 0.6 is 0 Å². The second-order valence-electron chi connectivity index (χ2n) is 7.66. The molecule has 31 heavy (non-hydrogen) atoms. The third-order valence-electron chi connectivity index (χ3n) is 5.73. The molecule has 2 aromatic carbocycles. The Morgan fingerprint density at radius 2 is 1.94 bits per heavy atom. The fourth-order valence-corrected chi connectivity index (χ4v) is 3.99. The van der Waals surface area contributed by atoms with E-state index in [1.54, 1.807) is 20.3 Å². The maximum Gasteiger partial charge on any atom is 0.341 e. The minimum absolute atomic E-state index is 0.121. The van der Waals surface area contributed by atoms with Crippen molar-refractivity contribution < 1.29 is 23.7 Å². The highest BCUT2D eigenvalue weighted by Crippen LogP contribution is 2.32. The number of anilines is 1. The Morgan fingerprint density at radius 1 is 1.16 bits per heavy atom. The second kappa shape index (κ2) is 11.1. The quantitative estimate of drug-likeness (QED) is 0.425. The standard InChI is InChI=1S/C24H32N2O5/c1-25(19-10-11-21(24(27)30-4)23(14-19)29-3)22(18-8-6-5-7-9-18)16-26-13-12-20(15-26)31-17-28-2/h5-11,14,20,22H,12-13,15-17H2,1-4H3/t20-,22+/m0/s1. The number of carbonyl (C=O) groups is 1. The zero-order valence-electron chi connectivity index (χ0n) is 18.7. The van der Waals surface area contributed by atoms with E-state index in [1.165, 1.54) is 12.7 Å². The van der Waals surface area contributed by atoms with E-state index in [-0.39, 0.29) is 12.1 Å². The van der Waals surface area contributed by atoms with Crippen LogP contribution < -0.4 is 9.64 Å². The first-order valence-electron chi connectivity index (χ1n) is 10.4. The maximum absolute atomic E-state index is 12.0. The van der Waals surface area contributed by atoms with Crippen molar-refractivity contribution in [2.45, 2.75) is 18.6 Å². The molecule has 1 heterocycles. The largest absolute Gasteiger partial charge is 0.496 e. The fraction of sp³-hybridized carbons (Fsp3) is 0.458. The summed E-state index contributed by atoms with van der Waals surface area (Å²) in [5.74, 6) is 0.0852. The molecule has 0 amide bonds. The molecule has 0 radical (unpaired) electrons. The Bertz CT molecular complexity index is 845. The Labute approximate surface area is 184 Å². The molecule has 0 saturated carbocycles. The van der Waals surface area contributed by atoms with Gasteiger partial charge in [0.25, 0.3) is 0 Å². The molecular formula is C24H32N2O5. The van der Waals surface area contributed by atoms with Gasteiger partial charge in [0.2, 0.25) is 0 Å². The van der Waals surface area contributed by atoms with Crippen molar-refractivity contribution in [3.63, 3.8) is 0 Å². The van der Waals surface area contributed by atoms with Crippen LogP contribution in [0.25, 0.3) is 0 Å². The molecule has 1 aliphatic rings. The molecule has 168 valence electrons. The summed E-state index contributed by atoms with van der Waals surface area (Å²) in [4.78, 5) is 16.7. The molecule has 0 unspecified atom stereocenters. The summed E-state index contributed by atoms with van der Waals surface area (Å²) >= 11 is 0. The number of esters is 1. The average Bonchev–Trinajstić information content (AvgIpc) is 3.27. The first-order valence-corrected chi connectivity index (χ1v) is 10.4. The molecule has 0 aromatic heterocycles. The minimum atomic E-state index is -0.412. The number of ether oxygens (including phenoxy) is 4. The van der Waals surface area contributed by atoms with Gasteiger partial charge in [-0.25, -0.2) is 4.79 Å². The molecular weight excluding hydrogens is 396 g/mol. The number of hydrogen-bond donors (Lipinski definition) is 0. The fourth-order valence-electron chi connectivity index (χ4n) is 3.99. The lowest BCUT2D eigenvalue weighted by Gasteiger charge is -2.34. The molecule has 1 saturated heterocycles. The van der Waals surface area contributed by atoms with Crippen LogP contribution in [0.4, 0.5) is 5.69 Å². The normalized spacial score (nSPS) is 17.4. The lowest BCUT2D eigenvalue weighted by molar-refractivity contribution is -0.0671. The number of benzene rings is 2. The van der Waals surface area contributed by atoms with Gasteiger partial charge < -0.3 is 23.8 Å². The van der Waals surface area contributed by atoms with Crippen molar-refractivity contribution in [3.05, 3.63) is 59.7 Å². The molecule has 3 rings (SSSR count). The Kier molecular flexibility index (Phi) is 8.28. The monoisotopic (exact) mass is 428 g/mol. The third kappa shape index (κ3) is 5.76. The number of carbonyl (C=O) groups excluding carboxylic acids is 1. The van der Waals surface area contributed by atoms with E-state index in [1.807, 2.05) is 18.2 Å². The van der Waals surface area contributed by atoms with Crippen LogP contribution in [0.3, 0.4) is 0 Å². The van der Waals surface area contributed by atoms with Gasteiger partial charge >= 0.3 is 5.97 Å². The zero-order chi connectivity index (χ0) is 22.2. The van der Waals surface area contributed by atoms with Crippen molar-refractivity contribution in [3.8, 4) is 5.75 Å². The number of hydrogen-bond acceptors (Lipinski definition) is 7. The van der Waals surface area contributed by atoms with Gasteiger partial charge in [-0.1, -0.05) is 30.3 Å². The van der Waals surface area contributed by atoms with Gasteiger partial charge in [-0.3, -0.25) is 4.90 Å². The zero-order valence-corrected chi connectivity index (χ0v) is 18.7. The topological polar surface area (TPSA) is 60.5 Å². The van der Waals surface area contributed by atoms with Crippen LogP contribution in [0.5, 0.6) is 5.75 Å². The summed E-state index contributed by atoms with van der Waals surface area (Å²) in [6, 6.07) is 16.1. The second-order valence-corrected chi connectivity index (χ2v) is 7.66. The highest BCUT2D eigenvalue weighted by atomic mass is 16.7. The van der Waals surface area contributed by atoms with Gasteiger partial charge in [-0.2, -0.15) is 0 Å². The van der Waals surface area contributed by atoms with Crippen molar-refractivity contribution >= 4 is 11.7 Å². The van der Waals surface area contributed by atoms with Crippen LogP contribution in [0.1, 0.15) is 28.4 Å². The first kappa shape index (κ1) is 23.1. The minimum Gasteiger partial charge on any atom is -0.496 e. The van der Waals surface area contributed by atoms with Gasteiger partial charge in [0.05, 0.1) is 26.4 Å². The first-order chi connectivity index (χ1) is 15.1. The van der Waals surface area contributed by atoms with Crippen molar-refractivity contribution in [1.29, 1.82) is 0 Å². The van der Waals surface area contributed by atoms with Gasteiger partial charge in [0, 0.05) is 45.5 Å². The summed E-state index contributed by atoms with van der Waals surface area (Å²) in [5.41, 5.74) is 2.60. The predicted molar refractivity (Wildman–Crippen MR) is 120 cm³/mol. The number of likely N-dealkylation sites (tertiary alicyclic amines) is 1. The molecule has 1 fully saturated rings. The lowest BCUT2D eigenvalue weighted by Crippen LogP contribution is -2.36. The highest BCUT2D eigenvalue weighted by molar-refractivity contribution is 5.93. The summed E-state index contributed by atoms with van der Waals surface area (Å²) in [6.07, 6.45) is 1.19. The summed E-state index contributed by atoms with van der Waals surface area (Å²) in [5, 5.41) is 0. The summed E-state index contributed by atoms with van der Waals surface area (Å²) < 4.78 is 21.1. The van der Waals surface area contributed by atoms with E-state index in [4.69, 9.17) is 18.9 Å². The number of methoxy groups -OCH3 is 3. The molecule has 7 nitrogen and oxygen atoms in total. The lowest BCUT2D eigenvalue weighted by atomic mass is 10.0. The molecule has 0 bridgehead atoms. The molecule has 0 N–H and O–H groups in total. The molecule has 7 heteroatoms. The van der Waals surface area contributed by atoms with Crippen molar-refractivity contribution in [1.82, 2.24) is 4.90 Å². The van der Waals surface area contributed by atoms with Gasteiger partial charge in [-0.05, 0) is 24.1 Å². The van der Waals surface area contributed by atoms with Gasteiger partial charge in [0.1, 0.15) is 18.1 Å². The van der Waals surface area contributed by atoms with E-state index >= 15 is 0 Å². The van der Waals surface area contributed by atoms with E-state index in [2.05, 4.69) is 41.1 Å². The number of rotatable bonds is 10. The summed E-state index contributed by atoms with van der Waals surface area (Å²) in [7, 11) is 6.64.